The maximum absolute atomic E-state index is 5.57. The number of halogens is 1. The summed E-state index contributed by atoms with van der Waals surface area (Å²) in [5, 5.41) is 2.07. The molecule has 0 fully saturated rings. The van der Waals surface area contributed by atoms with Crippen molar-refractivity contribution in [2.45, 2.75) is 19.4 Å². The standard InChI is InChI=1S/C11H13BrN2OS/c1-7-2-3-11(15-7)10(14-13)5-9-4-8(12)6-16-9/h2-4,6,10,14H,5,13H2,1H3. The minimum absolute atomic E-state index is 0.0271. The molecule has 5 heteroatoms. The number of hydrogen-bond donors (Lipinski definition) is 2. The van der Waals surface area contributed by atoms with Crippen molar-refractivity contribution in [2.75, 3.05) is 0 Å². The van der Waals surface area contributed by atoms with Crippen LogP contribution in [0.2, 0.25) is 0 Å². The molecule has 3 nitrogen and oxygen atoms in total. The van der Waals surface area contributed by atoms with Crippen LogP contribution < -0.4 is 11.3 Å². The van der Waals surface area contributed by atoms with Gasteiger partial charge in [-0.2, -0.15) is 0 Å². The van der Waals surface area contributed by atoms with E-state index in [-0.39, 0.29) is 6.04 Å². The first-order valence-corrected chi connectivity index (χ1v) is 6.61. The summed E-state index contributed by atoms with van der Waals surface area (Å²) in [6.45, 7) is 1.93. The highest BCUT2D eigenvalue weighted by molar-refractivity contribution is 9.10. The highest BCUT2D eigenvalue weighted by Crippen LogP contribution is 2.26. The molecule has 0 amide bonds. The van der Waals surface area contributed by atoms with Gasteiger partial charge in [-0.05, 0) is 41.1 Å². The molecule has 0 spiro atoms. The summed E-state index contributed by atoms with van der Waals surface area (Å²) in [6, 6.07) is 6.04. The molecule has 86 valence electrons. The first-order valence-electron chi connectivity index (χ1n) is 4.94. The van der Waals surface area contributed by atoms with Crippen LogP contribution in [-0.2, 0) is 6.42 Å². The van der Waals surface area contributed by atoms with E-state index in [0.717, 1.165) is 22.4 Å². The van der Waals surface area contributed by atoms with Crippen LogP contribution in [0.5, 0.6) is 0 Å². The molecular formula is C11H13BrN2OS. The Kier molecular flexibility index (Phi) is 3.81. The Balaban J connectivity index is 2.12. The predicted octanol–water partition coefficient (Wildman–Crippen LogP) is 3.16. The zero-order valence-corrected chi connectivity index (χ0v) is 11.3. The van der Waals surface area contributed by atoms with Gasteiger partial charge in [0.2, 0.25) is 0 Å². The van der Waals surface area contributed by atoms with Gasteiger partial charge in [0.25, 0.3) is 0 Å². The van der Waals surface area contributed by atoms with Crippen molar-refractivity contribution in [2.24, 2.45) is 5.84 Å². The summed E-state index contributed by atoms with van der Waals surface area (Å²) in [5.74, 6) is 7.34. The Hall–Kier alpha value is -0.620. The molecule has 0 aliphatic rings. The van der Waals surface area contributed by atoms with Gasteiger partial charge in [0.1, 0.15) is 11.5 Å². The van der Waals surface area contributed by atoms with Crippen molar-refractivity contribution < 1.29 is 4.42 Å². The van der Waals surface area contributed by atoms with Gasteiger partial charge in [0.15, 0.2) is 0 Å². The van der Waals surface area contributed by atoms with Crippen LogP contribution in [0.3, 0.4) is 0 Å². The number of hydrazine groups is 1. The summed E-state index contributed by atoms with van der Waals surface area (Å²) in [7, 11) is 0. The predicted molar refractivity (Wildman–Crippen MR) is 69.2 cm³/mol. The molecule has 1 atom stereocenters. The highest BCUT2D eigenvalue weighted by Gasteiger charge is 2.15. The van der Waals surface area contributed by atoms with Crippen LogP contribution in [-0.4, -0.2) is 0 Å². The normalized spacial score (nSPS) is 12.9. The Morgan fingerprint density at radius 3 is 2.88 bits per heavy atom. The van der Waals surface area contributed by atoms with Gasteiger partial charge in [0.05, 0.1) is 6.04 Å². The summed E-state index contributed by atoms with van der Waals surface area (Å²) >= 11 is 5.15. The monoisotopic (exact) mass is 300 g/mol. The maximum Gasteiger partial charge on any atom is 0.122 e. The van der Waals surface area contributed by atoms with Crippen molar-refractivity contribution in [3.63, 3.8) is 0 Å². The Labute approximate surface area is 107 Å². The molecule has 2 rings (SSSR count). The smallest absolute Gasteiger partial charge is 0.122 e. The lowest BCUT2D eigenvalue weighted by Gasteiger charge is -2.11. The van der Waals surface area contributed by atoms with Gasteiger partial charge in [-0.3, -0.25) is 5.84 Å². The van der Waals surface area contributed by atoms with E-state index < -0.39 is 0 Å². The summed E-state index contributed by atoms with van der Waals surface area (Å²) < 4.78 is 6.68. The molecule has 0 saturated carbocycles. The van der Waals surface area contributed by atoms with Crippen molar-refractivity contribution in [1.29, 1.82) is 0 Å². The number of hydrogen-bond acceptors (Lipinski definition) is 4. The zero-order valence-electron chi connectivity index (χ0n) is 8.87. The number of thiophene rings is 1. The molecular weight excluding hydrogens is 288 g/mol. The van der Waals surface area contributed by atoms with Crippen LogP contribution in [0.1, 0.15) is 22.4 Å². The van der Waals surface area contributed by atoms with E-state index in [4.69, 9.17) is 10.3 Å². The van der Waals surface area contributed by atoms with E-state index in [0.29, 0.717) is 0 Å². The molecule has 2 aromatic heterocycles. The molecule has 0 bridgehead atoms. The van der Waals surface area contributed by atoms with Gasteiger partial charge >= 0.3 is 0 Å². The average molecular weight is 301 g/mol. The minimum atomic E-state index is 0.0271. The summed E-state index contributed by atoms with van der Waals surface area (Å²) in [5.41, 5.74) is 2.79. The first kappa shape index (κ1) is 11.9. The second-order valence-corrected chi connectivity index (χ2v) is 5.51. The summed E-state index contributed by atoms with van der Waals surface area (Å²) in [6.07, 6.45) is 0.833. The number of furan rings is 1. The van der Waals surface area contributed by atoms with Gasteiger partial charge in [-0.15, -0.1) is 11.3 Å². The van der Waals surface area contributed by atoms with Gasteiger partial charge in [0, 0.05) is 21.2 Å². The second-order valence-electron chi connectivity index (χ2n) is 3.60. The van der Waals surface area contributed by atoms with Crippen molar-refractivity contribution >= 4 is 27.3 Å². The topological polar surface area (TPSA) is 51.2 Å². The minimum Gasteiger partial charge on any atom is -0.465 e. The van der Waals surface area contributed by atoms with E-state index in [1.807, 2.05) is 19.1 Å². The number of rotatable bonds is 4. The van der Waals surface area contributed by atoms with Crippen LogP contribution in [0.4, 0.5) is 0 Å². The molecule has 0 aromatic carbocycles. The first-order chi connectivity index (χ1) is 7.69. The molecule has 0 radical (unpaired) electrons. The molecule has 0 aliphatic heterocycles. The fourth-order valence-corrected chi connectivity index (χ4v) is 3.04. The fraction of sp³-hybridized carbons (Fsp3) is 0.273. The van der Waals surface area contributed by atoms with Crippen molar-refractivity contribution in [3.8, 4) is 0 Å². The molecule has 16 heavy (non-hydrogen) atoms. The van der Waals surface area contributed by atoms with E-state index in [1.54, 1.807) is 11.3 Å². The van der Waals surface area contributed by atoms with Crippen molar-refractivity contribution in [3.05, 3.63) is 44.4 Å². The van der Waals surface area contributed by atoms with E-state index in [2.05, 4.69) is 32.8 Å². The van der Waals surface area contributed by atoms with Gasteiger partial charge in [-0.25, -0.2) is 5.43 Å². The molecule has 2 aromatic rings. The van der Waals surface area contributed by atoms with E-state index in [1.165, 1.54) is 4.88 Å². The van der Waals surface area contributed by atoms with Crippen LogP contribution in [0.15, 0.2) is 32.5 Å². The van der Waals surface area contributed by atoms with Crippen LogP contribution >= 0.6 is 27.3 Å². The highest BCUT2D eigenvalue weighted by atomic mass is 79.9. The number of nitrogens with one attached hydrogen (secondary N) is 1. The Morgan fingerprint density at radius 2 is 2.38 bits per heavy atom. The third-order valence-corrected chi connectivity index (χ3v) is 4.05. The quantitative estimate of drug-likeness (QED) is 0.674. The molecule has 0 saturated heterocycles. The largest absolute Gasteiger partial charge is 0.465 e. The second kappa shape index (κ2) is 5.14. The third-order valence-electron chi connectivity index (χ3n) is 2.33. The van der Waals surface area contributed by atoms with Crippen LogP contribution in [0, 0.1) is 6.92 Å². The lowest BCUT2D eigenvalue weighted by atomic mass is 10.1. The lowest BCUT2D eigenvalue weighted by Crippen LogP contribution is -2.29. The zero-order chi connectivity index (χ0) is 11.5. The van der Waals surface area contributed by atoms with E-state index in [9.17, 15) is 0 Å². The maximum atomic E-state index is 5.57. The van der Waals surface area contributed by atoms with Gasteiger partial charge < -0.3 is 4.42 Å². The van der Waals surface area contributed by atoms with E-state index >= 15 is 0 Å². The number of nitrogens with two attached hydrogens (primary N) is 1. The lowest BCUT2D eigenvalue weighted by molar-refractivity contribution is 0.404. The Morgan fingerprint density at radius 1 is 1.56 bits per heavy atom. The Bertz CT molecular complexity index is 466. The average Bonchev–Trinajstić information content (AvgIpc) is 2.84. The molecule has 0 aliphatic carbocycles. The van der Waals surface area contributed by atoms with Crippen molar-refractivity contribution in [1.82, 2.24) is 5.43 Å². The van der Waals surface area contributed by atoms with Crippen LogP contribution in [0.25, 0.3) is 0 Å². The fourth-order valence-electron chi connectivity index (χ4n) is 1.54. The molecule has 2 heterocycles. The third kappa shape index (κ3) is 2.74. The molecule has 1 unspecified atom stereocenters. The molecule has 3 N–H and O–H groups in total. The number of aryl methyl sites for hydroxylation is 1. The summed E-state index contributed by atoms with van der Waals surface area (Å²) in [4.78, 5) is 1.27. The SMILES string of the molecule is Cc1ccc(C(Cc2cc(Br)cs2)NN)o1. The van der Waals surface area contributed by atoms with Gasteiger partial charge in [-0.1, -0.05) is 0 Å².